The zero-order chi connectivity index (χ0) is 20.4. The molecular formula is C20H17ClN6O2. The molecule has 0 aliphatic heterocycles. The molecule has 0 fully saturated rings. The van der Waals surface area contributed by atoms with Gasteiger partial charge in [0.1, 0.15) is 12.9 Å². The molecule has 146 valence electrons. The van der Waals surface area contributed by atoms with Crippen molar-refractivity contribution in [2.45, 2.75) is 20.0 Å². The van der Waals surface area contributed by atoms with Gasteiger partial charge in [-0.05, 0) is 42.3 Å². The Morgan fingerprint density at radius 1 is 1.17 bits per heavy atom. The van der Waals surface area contributed by atoms with E-state index in [1.54, 1.807) is 12.1 Å². The number of amides is 1. The number of aromatic nitrogens is 5. The molecule has 0 aliphatic carbocycles. The standard InChI is InChI=1S/C20H17ClN6O2/c1-13-4-2-7-16(8-13)23-17(28)11-26-12-22-19-18(20(26)29)24-25-27(19)10-14-5-3-6-15(21)9-14/h2-9,12H,10-11H2,1H3,(H,23,28). The predicted octanol–water partition coefficient (Wildman–Crippen LogP) is 2.64. The van der Waals surface area contributed by atoms with Gasteiger partial charge in [-0.15, -0.1) is 5.10 Å². The SMILES string of the molecule is Cc1cccc(NC(=O)Cn2cnc3c(nnn3Cc3cccc(Cl)c3)c2=O)c1. The number of carbonyl (C=O) groups is 1. The molecule has 0 unspecified atom stereocenters. The summed E-state index contributed by atoms with van der Waals surface area (Å²) < 4.78 is 2.74. The number of rotatable bonds is 5. The molecule has 2 aromatic heterocycles. The maximum atomic E-state index is 12.7. The predicted molar refractivity (Wildman–Crippen MR) is 110 cm³/mol. The highest BCUT2D eigenvalue weighted by molar-refractivity contribution is 6.30. The lowest BCUT2D eigenvalue weighted by atomic mass is 10.2. The van der Waals surface area contributed by atoms with Crippen molar-refractivity contribution in [2.75, 3.05) is 5.32 Å². The van der Waals surface area contributed by atoms with Gasteiger partial charge in [-0.25, -0.2) is 9.67 Å². The average Bonchev–Trinajstić information content (AvgIpc) is 3.07. The fourth-order valence-corrected chi connectivity index (χ4v) is 3.21. The zero-order valence-electron chi connectivity index (χ0n) is 15.5. The van der Waals surface area contributed by atoms with Gasteiger partial charge < -0.3 is 5.32 Å². The van der Waals surface area contributed by atoms with Gasteiger partial charge in [0, 0.05) is 10.7 Å². The van der Waals surface area contributed by atoms with Crippen molar-refractivity contribution in [3.63, 3.8) is 0 Å². The third-order valence-corrected chi connectivity index (χ3v) is 4.56. The Balaban J connectivity index is 1.55. The van der Waals surface area contributed by atoms with Crippen LogP contribution in [0.5, 0.6) is 0 Å². The molecule has 0 radical (unpaired) electrons. The van der Waals surface area contributed by atoms with Crippen molar-refractivity contribution in [1.29, 1.82) is 0 Å². The number of benzene rings is 2. The summed E-state index contributed by atoms with van der Waals surface area (Å²) in [4.78, 5) is 29.3. The monoisotopic (exact) mass is 408 g/mol. The summed E-state index contributed by atoms with van der Waals surface area (Å²) in [7, 11) is 0. The molecule has 4 rings (SSSR count). The van der Waals surface area contributed by atoms with Crippen LogP contribution in [0.1, 0.15) is 11.1 Å². The Bertz CT molecular complexity index is 1260. The zero-order valence-corrected chi connectivity index (χ0v) is 16.3. The smallest absolute Gasteiger partial charge is 0.283 e. The largest absolute Gasteiger partial charge is 0.325 e. The molecule has 4 aromatic rings. The second-order valence-electron chi connectivity index (χ2n) is 6.64. The molecular weight excluding hydrogens is 392 g/mol. The fraction of sp³-hybridized carbons (Fsp3) is 0.150. The minimum Gasteiger partial charge on any atom is -0.325 e. The highest BCUT2D eigenvalue weighted by atomic mass is 35.5. The Hall–Kier alpha value is -3.52. The first-order chi connectivity index (χ1) is 14.0. The lowest BCUT2D eigenvalue weighted by Gasteiger charge is -2.08. The quantitative estimate of drug-likeness (QED) is 0.547. The van der Waals surface area contributed by atoms with E-state index in [0.717, 1.165) is 11.1 Å². The minimum atomic E-state index is -0.424. The molecule has 0 saturated heterocycles. The molecule has 8 nitrogen and oxygen atoms in total. The molecule has 29 heavy (non-hydrogen) atoms. The molecule has 0 saturated carbocycles. The average molecular weight is 409 g/mol. The van der Waals surface area contributed by atoms with Gasteiger partial charge in [-0.3, -0.25) is 14.2 Å². The lowest BCUT2D eigenvalue weighted by molar-refractivity contribution is -0.116. The van der Waals surface area contributed by atoms with E-state index in [1.807, 2.05) is 43.3 Å². The number of halogens is 1. The van der Waals surface area contributed by atoms with Gasteiger partial charge in [0.15, 0.2) is 11.2 Å². The third-order valence-electron chi connectivity index (χ3n) is 4.33. The van der Waals surface area contributed by atoms with Gasteiger partial charge in [0.05, 0.1) is 6.54 Å². The van der Waals surface area contributed by atoms with Gasteiger partial charge in [0.25, 0.3) is 5.56 Å². The number of hydrogen-bond acceptors (Lipinski definition) is 5. The number of aryl methyl sites for hydroxylation is 1. The molecule has 1 N–H and O–H groups in total. The van der Waals surface area contributed by atoms with Crippen LogP contribution < -0.4 is 10.9 Å². The van der Waals surface area contributed by atoms with Gasteiger partial charge in [-0.1, -0.05) is 41.1 Å². The summed E-state index contributed by atoms with van der Waals surface area (Å²) in [5.41, 5.74) is 2.65. The number of nitrogens with one attached hydrogen (secondary N) is 1. The summed E-state index contributed by atoms with van der Waals surface area (Å²) in [6, 6.07) is 14.8. The molecule has 2 aromatic carbocycles. The van der Waals surface area contributed by atoms with Crippen molar-refractivity contribution < 1.29 is 4.79 Å². The molecule has 2 heterocycles. The van der Waals surface area contributed by atoms with Crippen LogP contribution in [-0.4, -0.2) is 30.5 Å². The maximum absolute atomic E-state index is 12.7. The van der Waals surface area contributed by atoms with Crippen LogP contribution in [0.25, 0.3) is 11.2 Å². The molecule has 0 atom stereocenters. The van der Waals surface area contributed by atoms with E-state index in [-0.39, 0.29) is 18.0 Å². The van der Waals surface area contributed by atoms with E-state index in [1.165, 1.54) is 15.6 Å². The van der Waals surface area contributed by atoms with Crippen LogP contribution in [0, 0.1) is 6.92 Å². The molecule has 9 heteroatoms. The van der Waals surface area contributed by atoms with E-state index in [2.05, 4.69) is 20.6 Å². The number of fused-ring (bicyclic) bond motifs is 1. The Morgan fingerprint density at radius 3 is 2.79 bits per heavy atom. The maximum Gasteiger partial charge on any atom is 0.283 e. The highest BCUT2D eigenvalue weighted by Gasteiger charge is 2.14. The number of carbonyl (C=O) groups excluding carboxylic acids is 1. The Morgan fingerprint density at radius 2 is 2.00 bits per heavy atom. The van der Waals surface area contributed by atoms with E-state index >= 15 is 0 Å². The summed E-state index contributed by atoms with van der Waals surface area (Å²) in [5.74, 6) is -0.329. The minimum absolute atomic E-state index is 0.109. The summed E-state index contributed by atoms with van der Waals surface area (Å²) in [6.45, 7) is 2.14. The van der Waals surface area contributed by atoms with Crippen molar-refractivity contribution >= 4 is 34.4 Å². The lowest BCUT2D eigenvalue weighted by Crippen LogP contribution is -2.28. The molecule has 0 bridgehead atoms. The van der Waals surface area contributed by atoms with Crippen molar-refractivity contribution in [3.05, 3.63) is 81.4 Å². The van der Waals surface area contributed by atoms with E-state index < -0.39 is 5.56 Å². The third kappa shape index (κ3) is 4.17. The second-order valence-corrected chi connectivity index (χ2v) is 7.08. The van der Waals surface area contributed by atoms with Crippen LogP contribution in [0.15, 0.2) is 59.7 Å². The fourth-order valence-electron chi connectivity index (χ4n) is 2.99. The van der Waals surface area contributed by atoms with Crippen molar-refractivity contribution in [3.8, 4) is 0 Å². The summed E-state index contributed by atoms with van der Waals surface area (Å²) in [6.07, 6.45) is 1.33. The van der Waals surface area contributed by atoms with Crippen LogP contribution in [0.3, 0.4) is 0 Å². The van der Waals surface area contributed by atoms with E-state index in [0.29, 0.717) is 22.9 Å². The van der Waals surface area contributed by atoms with Crippen LogP contribution in [0.2, 0.25) is 5.02 Å². The van der Waals surface area contributed by atoms with Crippen molar-refractivity contribution in [2.24, 2.45) is 0 Å². The van der Waals surface area contributed by atoms with E-state index in [4.69, 9.17) is 11.6 Å². The number of anilines is 1. The van der Waals surface area contributed by atoms with Crippen LogP contribution in [-0.2, 0) is 17.9 Å². The summed E-state index contributed by atoms with van der Waals surface area (Å²) in [5, 5.41) is 11.4. The summed E-state index contributed by atoms with van der Waals surface area (Å²) >= 11 is 6.01. The molecule has 0 aliphatic rings. The van der Waals surface area contributed by atoms with Gasteiger partial charge in [-0.2, -0.15) is 0 Å². The Labute approximate surface area is 170 Å². The Kier molecular flexibility index (Phi) is 5.09. The first kappa shape index (κ1) is 18.8. The van der Waals surface area contributed by atoms with Crippen LogP contribution >= 0.6 is 11.6 Å². The van der Waals surface area contributed by atoms with Crippen molar-refractivity contribution in [1.82, 2.24) is 24.5 Å². The molecule has 1 amide bonds. The van der Waals surface area contributed by atoms with Crippen LogP contribution in [0.4, 0.5) is 5.69 Å². The molecule has 0 spiro atoms. The second kappa shape index (κ2) is 7.84. The number of hydrogen-bond donors (Lipinski definition) is 1. The number of nitrogens with zero attached hydrogens (tertiary/aromatic N) is 5. The van der Waals surface area contributed by atoms with E-state index in [9.17, 15) is 9.59 Å². The first-order valence-electron chi connectivity index (χ1n) is 8.89. The normalized spacial score (nSPS) is 11.0. The first-order valence-corrected chi connectivity index (χ1v) is 9.27. The van der Waals surface area contributed by atoms with Gasteiger partial charge in [0.2, 0.25) is 5.91 Å². The topological polar surface area (TPSA) is 94.7 Å². The van der Waals surface area contributed by atoms with Gasteiger partial charge >= 0.3 is 0 Å². The highest BCUT2D eigenvalue weighted by Crippen LogP contribution is 2.13.